The molecule has 0 fully saturated rings. The van der Waals surface area contributed by atoms with Crippen LogP contribution >= 0.6 is 0 Å². The number of para-hydroxylation sites is 2. The summed E-state index contributed by atoms with van der Waals surface area (Å²) in [4.78, 5) is 17.3. The zero-order chi connectivity index (χ0) is 55.9. The molecule has 1 aliphatic rings. The maximum Gasteiger partial charge on any atom is 0.235 e. The second-order valence-electron chi connectivity index (χ2n) is 23.5. The smallest absolute Gasteiger partial charge is 0.235 e. The van der Waals surface area contributed by atoms with Crippen LogP contribution in [-0.4, -0.2) is 24.8 Å². The molecule has 6 nitrogen and oxygen atoms in total. The number of hydrogen-bond donors (Lipinski definition) is 1. The van der Waals surface area contributed by atoms with E-state index in [4.69, 9.17) is 15.0 Å². The van der Waals surface area contributed by atoms with Crippen molar-refractivity contribution in [3.05, 3.63) is 278 Å². The third kappa shape index (κ3) is 6.47. The molecule has 396 valence electrons. The number of nitrogens with one attached hydrogen (secondary N) is 1. The number of benzene rings is 16. The number of aromatic nitrogens is 4. The molecule has 1 atom stereocenters. The molecule has 16 aromatic carbocycles. The molecule has 4 heterocycles. The summed E-state index contributed by atoms with van der Waals surface area (Å²) < 4.78 is 4.75. The van der Waals surface area contributed by atoms with Gasteiger partial charge in [0.15, 0.2) is 0 Å². The largest absolute Gasteiger partial charge is 0.346 e. The van der Waals surface area contributed by atoms with E-state index in [9.17, 15) is 0 Å². The molecule has 0 spiro atoms. The van der Waals surface area contributed by atoms with Crippen LogP contribution < -0.4 is 5.32 Å². The van der Waals surface area contributed by atoms with Gasteiger partial charge in [-0.25, -0.2) is 15.0 Å². The molecule has 19 aromatic rings. The Kier molecular flexibility index (Phi) is 9.14. The lowest BCUT2D eigenvalue weighted by Gasteiger charge is -2.27. The van der Waals surface area contributed by atoms with Gasteiger partial charge in [-0.2, -0.15) is 0 Å². The SMILES string of the molecule is C1=C(c2ccccc2)NC(n2c3ccccc3c3c4c(ccc32)c2ccccc2n4-c2nc(-c3cc4ccc5cccc6ccc(c3)c4c56)cc(-c3cc4ccc5cccc6ccc(c3)c4c56)n2)N=C1c1cc2ccc3cccc4ccc(c1)c2c34. The maximum absolute atomic E-state index is 5.77. The second-order valence-corrected chi connectivity index (χ2v) is 23.5. The minimum Gasteiger partial charge on any atom is -0.346 e. The molecular formula is C80H46N6. The van der Waals surface area contributed by atoms with Crippen molar-refractivity contribution in [2.75, 3.05) is 0 Å². The molecule has 6 heteroatoms. The molecule has 86 heavy (non-hydrogen) atoms. The highest BCUT2D eigenvalue weighted by Crippen LogP contribution is 2.46. The molecule has 0 aliphatic carbocycles. The Labute approximate surface area is 491 Å². The van der Waals surface area contributed by atoms with E-state index in [-0.39, 0.29) is 0 Å². The van der Waals surface area contributed by atoms with Gasteiger partial charge in [-0.05, 0) is 169 Å². The number of hydrogen-bond acceptors (Lipinski definition) is 4. The van der Waals surface area contributed by atoms with Crippen LogP contribution in [0.25, 0.3) is 175 Å². The first-order chi connectivity index (χ1) is 42.6. The zero-order valence-corrected chi connectivity index (χ0v) is 46.2. The van der Waals surface area contributed by atoms with E-state index in [1.54, 1.807) is 0 Å². The van der Waals surface area contributed by atoms with Crippen molar-refractivity contribution in [1.82, 2.24) is 24.4 Å². The van der Waals surface area contributed by atoms with Crippen LogP contribution in [0.15, 0.2) is 272 Å². The summed E-state index contributed by atoms with van der Waals surface area (Å²) in [6, 6.07) is 95.9. The van der Waals surface area contributed by atoms with Crippen molar-refractivity contribution in [3.63, 3.8) is 0 Å². The van der Waals surface area contributed by atoms with Gasteiger partial charge in [0.05, 0.1) is 39.2 Å². The van der Waals surface area contributed by atoms with Crippen molar-refractivity contribution in [2.24, 2.45) is 4.99 Å². The third-order valence-corrected chi connectivity index (χ3v) is 18.9. The van der Waals surface area contributed by atoms with Crippen LogP contribution in [0.3, 0.4) is 0 Å². The standard InChI is InChI=1S/C80H46N6/c1-2-11-45(12-3-1)64-43-65(58-37-52-29-23-46-13-8-14-47-24-30-53(38-58)74(52)71(46)47)82-79(81-64)85-69-22-7-5-20-63(69)77-70(85)36-35-62-61-19-4-6-21-68(61)86(78(62)77)80-83-66(59-39-54-31-25-48-15-9-16-49-26-32-55(40-59)75(54)72(48)49)44-67(84-80)60-41-56-33-27-50-17-10-18-51-28-34-57(42-60)76(56)73(50)51/h1-44,79,81H. The van der Waals surface area contributed by atoms with Crippen LogP contribution in [0.5, 0.6) is 0 Å². The fraction of sp³-hybridized carbons (Fsp3) is 0.0125. The number of allylic oxidation sites excluding steroid dienone is 1. The molecule has 1 unspecified atom stereocenters. The van der Waals surface area contributed by atoms with Crippen LogP contribution in [0.2, 0.25) is 0 Å². The molecule has 0 amide bonds. The lowest BCUT2D eigenvalue weighted by Crippen LogP contribution is -2.29. The average molecular weight is 1090 g/mol. The third-order valence-electron chi connectivity index (χ3n) is 18.9. The predicted molar refractivity (Wildman–Crippen MR) is 361 cm³/mol. The summed E-state index contributed by atoms with van der Waals surface area (Å²) in [5, 5.41) is 30.8. The molecule has 0 bridgehead atoms. The molecular weight excluding hydrogens is 1040 g/mol. The summed E-state index contributed by atoms with van der Waals surface area (Å²) in [6.45, 7) is 0. The lowest BCUT2D eigenvalue weighted by atomic mass is 9.91. The summed E-state index contributed by atoms with van der Waals surface area (Å²) >= 11 is 0. The number of aliphatic imine (C=N–C) groups is 1. The van der Waals surface area contributed by atoms with Gasteiger partial charge in [0.1, 0.15) is 0 Å². The Balaban J connectivity index is 0.841. The first-order valence-electron chi connectivity index (χ1n) is 29.6. The van der Waals surface area contributed by atoms with E-state index >= 15 is 0 Å². The van der Waals surface area contributed by atoms with E-state index in [1.165, 1.54) is 97.0 Å². The van der Waals surface area contributed by atoms with E-state index in [1.807, 2.05) is 0 Å². The van der Waals surface area contributed by atoms with Gasteiger partial charge in [0.25, 0.3) is 0 Å². The van der Waals surface area contributed by atoms with E-state index in [0.29, 0.717) is 5.95 Å². The van der Waals surface area contributed by atoms with E-state index in [2.05, 4.69) is 281 Å². The molecule has 3 aromatic heterocycles. The normalized spacial score (nSPS) is 14.2. The summed E-state index contributed by atoms with van der Waals surface area (Å²) in [7, 11) is 0. The maximum atomic E-state index is 5.77. The van der Waals surface area contributed by atoms with Crippen molar-refractivity contribution in [1.29, 1.82) is 0 Å². The Morgan fingerprint density at radius 1 is 0.302 bits per heavy atom. The zero-order valence-electron chi connectivity index (χ0n) is 46.2. The first kappa shape index (κ1) is 46.1. The quantitative estimate of drug-likeness (QED) is 0.169. The lowest BCUT2D eigenvalue weighted by molar-refractivity contribution is 0.508. The Morgan fingerprint density at radius 2 is 0.733 bits per heavy atom. The highest BCUT2D eigenvalue weighted by Gasteiger charge is 2.28. The van der Waals surface area contributed by atoms with Crippen molar-refractivity contribution >= 4 is 152 Å². The fourth-order valence-electron chi connectivity index (χ4n) is 15.1. The Hall–Kier alpha value is -11.5. The van der Waals surface area contributed by atoms with E-state index in [0.717, 1.165) is 88.7 Å². The van der Waals surface area contributed by atoms with Gasteiger partial charge in [-0.15, -0.1) is 0 Å². The topological polar surface area (TPSA) is 60.0 Å². The van der Waals surface area contributed by atoms with Gasteiger partial charge in [-0.3, -0.25) is 4.57 Å². The Bertz CT molecular complexity index is 5820. The minimum absolute atomic E-state index is 0.521. The fourth-order valence-corrected chi connectivity index (χ4v) is 15.1. The molecule has 1 N–H and O–H groups in total. The monoisotopic (exact) mass is 1090 g/mol. The van der Waals surface area contributed by atoms with Gasteiger partial charge >= 0.3 is 0 Å². The highest BCUT2D eigenvalue weighted by molar-refractivity contribution is 6.29. The molecule has 0 saturated carbocycles. The Morgan fingerprint density at radius 3 is 1.24 bits per heavy atom. The van der Waals surface area contributed by atoms with Crippen LogP contribution in [-0.2, 0) is 0 Å². The van der Waals surface area contributed by atoms with Gasteiger partial charge in [0.2, 0.25) is 12.2 Å². The van der Waals surface area contributed by atoms with Gasteiger partial charge in [-0.1, -0.05) is 200 Å². The van der Waals surface area contributed by atoms with Crippen molar-refractivity contribution in [2.45, 2.75) is 6.29 Å². The van der Waals surface area contributed by atoms with Gasteiger partial charge < -0.3 is 9.88 Å². The number of fused-ring (bicyclic) bond motifs is 7. The van der Waals surface area contributed by atoms with Gasteiger partial charge in [0, 0.05) is 43.9 Å². The predicted octanol–water partition coefficient (Wildman–Crippen LogP) is 20.3. The first-order valence-corrected chi connectivity index (χ1v) is 29.6. The number of rotatable bonds is 6. The molecule has 1 aliphatic heterocycles. The van der Waals surface area contributed by atoms with Crippen LogP contribution in [0.4, 0.5) is 0 Å². The molecule has 0 saturated heterocycles. The van der Waals surface area contributed by atoms with Crippen molar-refractivity contribution in [3.8, 4) is 28.5 Å². The average Bonchev–Trinajstić information content (AvgIpc) is 2.14. The molecule has 0 radical (unpaired) electrons. The number of nitrogens with zero attached hydrogens (tertiary/aromatic N) is 5. The summed E-state index contributed by atoms with van der Waals surface area (Å²) in [5.74, 6) is 0.600. The van der Waals surface area contributed by atoms with Crippen LogP contribution in [0, 0.1) is 0 Å². The van der Waals surface area contributed by atoms with Crippen molar-refractivity contribution < 1.29 is 0 Å². The minimum atomic E-state index is -0.521. The molecule has 20 rings (SSSR count). The summed E-state index contributed by atoms with van der Waals surface area (Å²) in [6.07, 6.45) is 1.71. The van der Waals surface area contributed by atoms with E-state index < -0.39 is 6.29 Å². The van der Waals surface area contributed by atoms with Crippen LogP contribution in [0.1, 0.15) is 17.4 Å². The second kappa shape index (κ2) is 17.1. The summed E-state index contributed by atoms with van der Waals surface area (Å²) in [5.41, 5.74) is 12.0. The highest BCUT2D eigenvalue weighted by atomic mass is 15.3.